The van der Waals surface area contributed by atoms with Gasteiger partial charge >= 0.3 is 0 Å². The quantitative estimate of drug-likeness (QED) is 0.773. The molecule has 0 aromatic heterocycles. The standard InChI is InChI=1S/C17H33N3O2/c1-15-3-4-16(2)20(15)10-9-18-5-7-19(8-6-18)11-17(12-21)13-22-14-17/h15-16,21H,3-14H2,1-2H3. The number of hydrogen-bond acceptors (Lipinski definition) is 5. The zero-order chi connectivity index (χ0) is 15.6. The van der Waals surface area contributed by atoms with E-state index in [1.165, 1.54) is 39.0 Å². The molecule has 2 atom stereocenters. The number of likely N-dealkylation sites (tertiary alicyclic amines) is 1. The number of hydrogen-bond donors (Lipinski definition) is 1. The summed E-state index contributed by atoms with van der Waals surface area (Å²) < 4.78 is 5.30. The Morgan fingerprint density at radius 3 is 2.05 bits per heavy atom. The Hall–Kier alpha value is -0.200. The fraction of sp³-hybridized carbons (Fsp3) is 1.00. The molecule has 3 aliphatic rings. The van der Waals surface area contributed by atoms with Gasteiger partial charge in [0.2, 0.25) is 0 Å². The van der Waals surface area contributed by atoms with Crippen molar-refractivity contribution in [2.75, 3.05) is 65.6 Å². The van der Waals surface area contributed by atoms with Crippen molar-refractivity contribution in [3.8, 4) is 0 Å². The molecule has 3 saturated heterocycles. The van der Waals surface area contributed by atoms with Crippen LogP contribution in [0.4, 0.5) is 0 Å². The molecular weight excluding hydrogens is 278 g/mol. The molecule has 1 N–H and O–H groups in total. The highest BCUT2D eigenvalue weighted by atomic mass is 16.5. The summed E-state index contributed by atoms with van der Waals surface area (Å²) in [5, 5.41) is 9.55. The van der Waals surface area contributed by atoms with Gasteiger partial charge in [-0.05, 0) is 26.7 Å². The smallest absolute Gasteiger partial charge is 0.0579 e. The number of piperazine rings is 1. The fourth-order valence-corrected chi connectivity index (χ4v) is 4.21. The second kappa shape index (κ2) is 7.14. The van der Waals surface area contributed by atoms with Gasteiger partial charge in [-0.1, -0.05) is 0 Å². The van der Waals surface area contributed by atoms with Gasteiger partial charge in [0.1, 0.15) is 0 Å². The van der Waals surface area contributed by atoms with E-state index in [9.17, 15) is 5.11 Å². The minimum atomic E-state index is 0.0303. The maximum Gasteiger partial charge on any atom is 0.0579 e. The predicted molar refractivity (Wildman–Crippen MR) is 88.1 cm³/mol. The molecular formula is C17H33N3O2. The van der Waals surface area contributed by atoms with E-state index in [0.717, 1.165) is 44.9 Å². The van der Waals surface area contributed by atoms with E-state index in [4.69, 9.17) is 4.74 Å². The van der Waals surface area contributed by atoms with Crippen molar-refractivity contribution >= 4 is 0 Å². The van der Waals surface area contributed by atoms with E-state index in [1.807, 2.05) is 0 Å². The van der Waals surface area contributed by atoms with Crippen molar-refractivity contribution in [3.05, 3.63) is 0 Å². The first-order valence-electron chi connectivity index (χ1n) is 9.01. The summed E-state index contributed by atoms with van der Waals surface area (Å²) in [5.74, 6) is 0. The molecule has 3 rings (SSSR count). The van der Waals surface area contributed by atoms with Gasteiger partial charge in [-0.2, -0.15) is 0 Å². The first-order valence-corrected chi connectivity index (χ1v) is 9.01. The third-order valence-corrected chi connectivity index (χ3v) is 5.98. The van der Waals surface area contributed by atoms with Crippen LogP contribution in [0.5, 0.6) is 0 Å². The Bertz CT molecular complexity index is 338. The molecule has 3 aliphatic heterocycles. The molecule has 0 aromatic rings. The van der Waals surface area contributed by atoms with Crippen LogP contribution in [-0.4, -0.2) is 97.5 Å². The Morgan fingerprint density at radius 2 is 1.55 bits per heavy atom. The molecule has 0 amide bonds. The highest BCUT2D eigenvalue weighted by molar-refractivity contribution is 4.90. The summed E-state index contributed by atoms with van der Waals surface area (Å²) in [4.78, 5) is 7.80. The second-order valence-corrected chi connectivity index (χ2v) is 7.78. The molecule has 0 bridgehead atoms. The van der Waals surface area contributed by atoms with Gasteiger partial charge in [-0.15, -0.1) is 0 Å². The lowest BCUT2D eigenvalue weighted by Crippen LogP contribution is -2.57. The van der Waals surface area contributed by atoms with Gasteiger partial charge in [0, 0.05) is 57.9 Å². The number of rotatable bonds is 6. The monoisotopic (exact) mass is 311 g/mol. The van der Waals surface area contributed by atoms with Crippen LogP contribution in [0.25, 0.3) is 0 Å². The van der Waals surface area contributed by atoms with Gasteiger partial charge in [0.05, 0.1) is 25.2 Å². The van der Waals surface area contributed by atoms with Gasteiger partial charge in [-0.3, -0.25) is 14.7 Å². The zero-order valence-corrected chi connectivity index (χ0v) is 14.3. The van der Waals surface area contributed by atoms with Gasteiger partial charge in [0.25, 0.3) is 0 Å². The lowest BCUT2D eigenvalue weighted by molar-refractivity contribution is -0.150. The Labute approximate surface area is 135 Å². The third kappa shape index (κ3) is 3.65. The van der Waals surface area contributed by atoms with Crippen LogP contribution in [0.15, 0.2) is 0 Å². The van der Waals surface area contributed by atoms with E-state index in [1.54, 1.807) is 0 Å². The average molecular weight is 311 g/mol. The number of nitrogens with zero attached hydrogens (tertiary/aromatic N) is 3. The molecule has 5 nitrogen and oxygen atoms in total. The molecule has 0 aromatic carbocycles. The highest BCUT2D eigenvalue weighted by Crippen LogP contribution is 2.28. The highest BCUT2D eigenvalue weighted by Gasteiger charge is 2.40. The molecule has 0 saturated carbocycles. The maximum atomic E-state index is 9.55. The summed E-state index contributed by atoms with van der Waals surface area (Å²) in [6, 6.07) is 1.53. The van der Waals surface area contributed by atoms with E-state index in [2.05, 4.69) is 28.5 Å². The summed E-state index contributed by atoms with van der Waals surface area (Å²) in [5.41, 5.74) is 0.0303. The molecule has 0 radical (unpaired) electrons. The molecule has 128 valence electrons. The molecule has 2 unspecified atom stereocenters. The second-order valence-electron chi connectivity index (χ2n) is 7.78. The molecule has 3 heterocycles. The summed E-state index contributed by atoms with van der Waals surface area (Å²) in [6.45, 7) is 14.5. The number of ether oxygens (including phenoxy) is 1. The van der Waals surface area contributed by atoms with Crippen molar-refractivity contribution in [1.82, 2.24) is 14.7 Å². The van der Waals surface area contributed by atoms with E-state index < -0.39 is 0 Å². The summed E-state index contributed by atoms with van der Waals surface area (Å²) in [6.07, 6.45) is 2.72. The minimum absolute atomic E-state index is 0.0303. The van der Waals surface area contributed by atoms with Crippen molar-refractivity contribution < 1.29 is 9.84 Å². The van der Waals surface area contributed by atoms with Crippen molar-refractivity contribution in [2.24, 2.45) is 5.41 Å². The van der Waals surface area contributed by atoms with Crippen molar-refractivity contribution in [3.63, 3.8) is 0 Å². The van der Waals surface area contributed by atoms with Crippen LogP contribution >= 0.6 is 0 Å². The number of aliphatic hydroxyl groups is 1. The Kier molecular flexibility index (Phi) is 5.40. The Morgan fingerprint density at radius 1 is 0.955 bits per heavy atom. The van der Waals surface area contributed by atoms with E-state index >= 15 is 0 Å². The van der Waals surface area contributed by atoms with Crippen molar-refractivity contribution in [2.45, 2.75) is 38.8 Å². The SMILES string of the molecule is CC1CCC(C)N1CCN1CCN(CC2(CO)COC2)CC1. The average Bonchev–Trinajstić information content (AvgIpc) is 2.81. The summed E-state index contributed by atoms with van der Waals surface area (Å²) in [7, 11) is 0. The van der Waals surface area contributed by atoms with Gasteiger partial charge in [-0.25, -0.2) is 0 Å². The van der Waals surface area contributed by atoms with Crippen molar-refractivity contribution in [1.29, 1.82) is 0 Å². The van der Waals surface area contributed by atoms with Crippen LogP contribution in [0.1, 0.15) is 26.7 Å². The largest absolute Gasteiger partial charge is 0.396 e. The van der Waals surface area contributed by atoms with E-state index in [0.29, 0.717) is 0 Å². The third-order valence-electron chi connectivity index (χ3n) is 5.98. The van der Waals surface area contributed by atoms with Crippen LogP contribution in [-0.2, 0) is 4.74 Å². The molecule has 0 spiro atoms. The molecule has 22 heavy (non-hydrogen) atoms. The topological polar surface area (TPSA) is 39.2 Å². The first kappa shape index (κ1) is 16.7. The van der Waals surface area contributed by atoms with Gasteiger partial charge < -0.3 is 9.84 Å². The lowest BCUT2D eigenvalue weighted by atomic mass is 9.86. The minimum Gasteiger partial charge on any atom is -0.396 e. The number of aliphatic hydroxyl groups excluding tert-OH is 1. The van der Waals surface area contributed by atoms with Crippen LogP contribution in [0.3, 0.4) is 0 Å². The zero-order valence-electron chi connectivity index (χ0n) is 14.3. The summed E-state index contributed by atoms with van der Waals surface area (Å²) >= 11 is 0. The van der Waals surface area contributed by atoms with Crippen LogP contribution < -0.4 is 0 Å². The van der Waals surface area contributed by atoms with Gasteiger partial charge in [0.15, 0.2) is 0 Å². The van der Waals surface area contributed by atoms with E-state index in [-0.39, 0.29) is 12.0 Å². The van der Waals surface area contributed by atoms with Crippen LogP contribution in [0.2, 0.25) is 0 Å². The molecule has 3 fully saturated rings. The predicted octanol–water partition coefficient (Wildman–Crippen LogP) is 0.486. The lowest BCUT2D eigenvalue weighted by Gasteiger charge is -2.45. The fourth-order valence-electron chi connectivity index (χ4n) is 4.21. The molecule has 5 heteroatoms. The first-order chi connectivity index (χ1) is 10.6. The van der Waals surface area contributed by atoms with Crippen LogP contribution in [0, 0.1) is 5.41 Å². The molecule has 0 aliphatic carbocycles. The normalized spacial score (nSPS) is 34.0. The maximum absolute atomic E-state index is 9.55. The Balaban J connectivity index is 1.37.